The number of carbonyl (C=O) groups excluding carboxylic acids is 2. The van der Waals surface area contributed by atoms with Crippen molar-refractivity contribution in [2.24, 2.45) is 0 Å². The first-order chi connectivity index (χ1) is 11.6. The average molecular weight is 322 g/mol. The third-order valence-electron chi connectivity index (χ3n) is 3.63. The van der Waals surface area contributed by atoms with E-state index in [2.05, 4.69) is 0 Å². The van der Waals surface area contributed by atoms with Crippen molar-refractivity contribution in [3.63, 3.8) is 0 Å². The maximum absolute atomic E-state index is 12.9. The Kier molecular flexibility index (Phi) is 4.66. The molecule has 24 heavy (non-hydrogen) atoms. The van der Waals surface area contributed by atoms with Gasteiger partial charge in [-0.2, -0.15) is 0 Å². The van der Waals surface area contributed by atoms with E-state index in [1.807, 2.05) is 0 Å². The Bertz CT molecular complexity index is 848. The molecule has 120 valence electrons. The van der Waals surface area contributed by atoms with Crippen molar-refractivity contribution in [1.29, 1.82) is 0 Å². The standard InChI is InChI=1S/C20H15FO3/c21-16-8-6-14(7-9-16)12-17-10-11-18(24-17)13-19(22)20(23)15-4-2-1-3-5-15/h1-11H,12-13H2. The van der Waals surface area contributed by atoms with Crippen LogP contribution in [0.2, 0.25) is 0 Å². The lowest BCUT2D eigenvalue weighted by molar-refractivity contribution is -0.114. The lowest BCUT2D eigenvalue weighted by Gasteiger charge is -2.00. The van der Waals surface area contributed by atoms with Gasteiger partial charge in [-0.1, -0.05) is 42.5 Å². The molecule has 4 heteroatoms. The highest BCUT2D eigenvalue weighted by molar-refractivity contribution is 6.44. The number of ketones is 2. The lowest BCUT2D eigenvalue weighted by Crippen LogP contribution is -2.16. The van der Waals surface area contributed by atoms with Gasteiger partial charge in [-0.25, -0.2) is 4.39 Å². The van der Waals surface area contributed by atoms with Gasteiger partial charge >= 0.3 is 0 Å². The summed E-state index contributed by atoms with van der Waals surface area (Å²) in [7, 11) is 0. The van der Waals surface area contributed by atoms with Gasteiger partial charge in [-0.3, -0.25) is 9.59 Å². The molecule has 2 aromatic carbocycles. The van der Waals surface area contributed by atoms with Crippen LogP contribution in [0.25, 0.3) is 0 Å². The quantitative estimate of drug-likeness (QED) is 0.509. The molecule has 3 aromatic rings. The first kappa shape index (κ1) is 15.9. The minimum Gasteiger partial charge on any atom is -0.465 e. The van der Waals surface area contributed by atoms with Crippen LogP contribution < -0.4 is 0 Å². The zero-order valence-corrected chi connectivity index (χ0v) is 12.9. The highest BCUT2D eigenvalue weighted by Gasteiger charge is 2.18. The van der Waals surface area contributed by atoms with Crippen molar-refractivity contribution in [1.82, 2.24) is 0 Å². The fourth-order valence-corrected chi connectivity index (χ4v) is 2.40. The van der Waals surface area contributed by atoms with Gasteiger partial charge in [0.05, 0.1) is 6.42 Å². The fraction of sp³-hybridized carbons (Fsp3) is 0.100. The summed E-state index contributed by atoms with van der Waals surface area (Å²) in [5.74, 6) is -0.210. The summed E-state index contributed by atoms with van der Waals surface area (Å²) in [5, 5.41) is 0. The fourth-order valence-electron chi connectivity index (χ4n) is 2.40. The zero-order chi connectivity index (χ0) is 16.9. The van der Waals surface area contributed by atoms with Gasteiger partial charge in [-0.05, 0) is 29.8 Å². The number of Topliss-reactive ketones (excluding diaryl/α,β-unsaturated/α-hetero) is 2. The van der Waals surface area contributed by atoms with E-state index in [9.17, 15) is 14.0 Å². The number of furan rings is 1. The molecule has 0 spiro atoms. The number of carbonyl (C=O) groups is 2. The molecule has 0 aliphatic carbocycles. The van der Waals surface area contributed by atoms with Crippen molar-refractivity contribution in [2.75, 3.05) is 0 Å². The first-order valence-electron chi connectivity index (χ1n) is 7.56. The summed E-state index contributed by atoms with van der Waals surface area (Å²) in [6.45, 7) is 0. The largest absolute Gasteiger partial charge is 0.465 e. The molecule has 0 unspecified atom stereocenters. The van der Waals surface area contributed by atoms with Gasteiger partial charge in [0.2, 0.25) is 11.6 Å². The van der Waals surface area contributed by atoms with Crippen molar-refractivity contribution in [3.05, 3.63) is 95.2 Å². The molecule has 3 nitrogen and oxygen atoms in total. The van der Waals surface area contributed by atoms with Gasteiger partial charge in [0.15, 0.2) is 0 Å². The van der Waals surface area contributed by atoms with Crippen LogP contribution in [0.15, 0.2) is 71.1 Å². The van der Waals surface area contributed by atoms with Gasteiger partial charge in [0, 0.05) is 12.0 Å². The molecule has 1 heterocycles. The SMILES string of the molecule is O=C(Cc1ccc(Cc2ccc(F)cc2)o1)C(=O)c1ccccc1. The predicted molar refractivity (Wildman–Crippen MR) is 87.4 cm³/mol. The van der Waals surface area contributed by atoms with Crippen molar-refractivity contribution in [3.8, 4) is 0 Å². The highest BCUT2D eigenvalue weighted by atomic mass is 19.1. The maximum Gasteiger partial charge on any atom is 0.229 e. The summed E-state index contributed by atoms with van der Waals surface area (Å²) < 4.78 is 18.5. The van der Waals surface area contributed by atoms with E-state index in [0.29, 0.717) is 23.5 Å². The number of halogens is 1. The Labute approximate surface area is 138 Å². The van der Waals surface area contributed by atoms with Crippen LogP contribution >= 0.6 is 0 Å². The van der Waals surface area contributed by atoms with Crippen LogP contribution in [0.5, 0.6) is 0 Å². The van der Waals surface area contributed by atoms with E-state index in [4.69, 9.17) is 4.42 Å². The molecule has 0 saturated carbocycles. The van der Waals surface area contributed by atoms with E-state index in [-0.39, 0.29) is 12.2 Å². The monoisotopic (exact) mass is 322 g/mol. The number of hydrogen-bond acceptors (Lipinski definition) is 3. The van der Waals surface area contributed by atoms with Gasteiger partial charge in [-0.15, -0.1) is 0 Å². The van der Waals surface area contributed by atoms with Crippen LogP contribution in [0.4, 0.5) is 4.39 Å². The Morgan fingerprint density at radius 1 is 0.833 bits per heavy atom. The molecule has 1 aromatic heterocycles. The van der Waals surface area contributed by atoms with Gasteiger partial charge in [0.1, 0.15) is 17.3 Å². The van der Waals surface area contributed by atoms with Crippen LogP contribution in [0.1, 0.15) is 27.4 Å². The minimum absolute atomic E-state index is 0.0723. The first-order valence-corrected chi connectivity index (χ1v) is 7.56. The Morgan fingerprint density at radius 2 is 1.50 bits per heavy atom. The molecular weight excluding hydrogens is 307 g/mol. The molecule has 0 aliphatic heterocycles. The molecule has 0 aliphatic rings. The van der Waals surface area contributed by atoms with Crippen molar-refractivity contribution >= 4 is 11.6 Å². The van der Waals surface area contributed by atoms with Crippen LogP contribution in [-0.4, -0.2) is 11.6 Å². The minimum atomic E-state index is -0.521. The Hall–Kier alpha value is -3.01. The number of benzene rings is 2. The molecule has 0 fully saturated rings. The van der Waals surface area contributed by atoms with Gasteiger partial charge in [0.25, 0.3) is 0 Å². The molecule has 3 rings (SSSR count). The molecule has 0 bridgehead atoms. The summed E-state index contributed by atoms with van der Waals surface area (Å²) in [5.41, 5.74) is 1.28. The number of hydrogen-bond donors (Lipinski definition) is 0. The topological polar surface area (TPSA) is 47.3 Å². The second-order valence-corrected chi connectivity index (χ2v) is 5.47. The van der Waals surface area contributed by atoms with Crippen molar-refractivity contribution < 1.29 is 18.4 Å². The second-order valence-electron chi connectivity index (χ2n) is 5.47. The van der Waals surface area contributed by atoms with E-state index in [1.165, 1.54) is 12.1 Å². The normalized spacial score (nSPS) is 10.5. The summed E-state index contributed by atoms with van der Waals surface area (Å²) >= 11 is 0. The Morgan fingerprint density at radius 3 is 2.21 bits per heavy atom. The molecule has 0 radical (unpaired) electrons. The number of rotatable bonds is 6. The molecule has 0 amide bonds. The zero-order valence-electron chi connectivity index (χ0n) is 12.9. The van der Waals surface area contributed by atoms with Crippen LogP contribution in [0.3, 0.4) is 0 Å². The second kappa shape index (κ2) is 7.04. The van der Waals surface area contributed by atoms with Gasteiger partial charge < -0.3 is 4.42 Å². The summed E-state index contributed by atoms with van der Waals surface area (Å²) in [6, 6.07) is 18.0. The lowest BCUT2D eigenvalue weighted by atomic mass is 10.0. The average Bonchev–Trinajstić information content (AvgIpc) is 3.04. The molecule has 0 N–H and O–H groups in total. The highest BCUT2D eigenvalue weighted by Crippen LogP contribution is 2.15. The third-order valence-corrected chi connectivity index (χ3v) is 3.63. The maximum atomic E-state index is 12.9. The predicted octanol–water partition coefficient (Wildman–Crippen LogP) is 4.00. The van der Waals surface area contributed by atoms with Crippen LogP contribution in [0, 0.1) is 5.82 Å². The van der Waals surface area contributed by atoms with Crippen LogP contribution in [-0.2, 0) is 17.6 Å². The summed E-state index contributed by atoms with van der Waals surface area (Å²) in [4.78, 5) is 24.1. The van der Waals surface area contributed by atoms with E-state index >= 15 is 0 Å². The molecular formula is C20H15FO3. The van der Waals surface area contributed by atoms with E-state index < -0.39 is 11.6 Å². The molecule has 0 saturated heterocycles. The Balaban J connectivity index is 1.64. The third kappa shape index (κ3) is 3.84. The molecule has 0 atom stereocenters. The van der Waals surface area contributed by atoms with E-state index in [1.54, 1.807) is 54.6 Å². The smallest absolute Gasteiger partial charge is 0.229 e. The van der Waals surface area contributed by atoms with Crippen molar-refractivity contribution in [2.45, 2.75) is 12.8 Å². The summed E-state index contributed by atoms with van der Waals surface area (Å²) in [6.07, 6.45) is 0.429. The van der Waals surface area contributed by atoms with E-state index in [0.717, 1.165) is 5.56 Å².